The monoisotopic (exact) mass is 217 g/mol. The molecule has 0 unspecified atom stereocenters. The number of aromatic nitrogens is 2. The molecule has 2 rings (SSSR count). The van der Waals surface area contributed by atoms with Gasteiger partial charge in [0.1, 0.15) is 6.20 Å². The number of para-hydroxylation sites is 1. The van der Waals surface area contributed by atoms with Gasteiger partial charge in [0.2, 0.25) is 0 Å². The molecular formula is C11H11N3O2. The third-order valence-electron chi connectivity index (χ3n) is 2.31. The Bertz CT molecular complexity index is 486. The predicted molar refractivity (Wildman–Crippen MR) is 58.2 cm³/mol. The fourth-order valence-corrected chi connectivity index (χ4v) is 1.45. The Balaban J connectivity index is 2.25. The molecule has 0 spiro atoms. The number of hydrogen-bond donors (Lipinski definition) is 1. The summed E-state index contributed by atoms with van der Waals surface area (Å²) in [4.78, 5) is 11.7. The lowest BCUT2D eigenvalue weighted by Gasteiger charge is -2.09. The summed E-state index contributed by atoms with van der Waals surface area (Å²) in [7, 11) is 0. The molecular weight excluding hydrogens is 206 g/mol. The lowest BCUT2D eigenvalue weighted by Crippen LogP contribution is -2.14. The van der Waals surface area contributed by atoms with Gasteiger partial charge in [0.15, 0.2) is 5.69 Å². The lowest BCUT2D eigenvalue weighted by molar-refractivity contribution is 0.101. The standard InChI is InChI=1S/C11H11N3O2/c1-7-4-3-5-8(2)10(7)13-11(15)9-6-12-16-14-9/h3-6H,1-2H3,(H,13,15). The Hall–Kier alpha value is -2.17. The molecule has 0 aliphatic heterocycles. The van der Waals surface area contributed by atoms with Crippen molar-refractivity contribution >= 4 is 11.6 Å². The van der Waals surface area contributed by atoms with Crippen molar-refractivity contribution < 1.29 is 9.42 Å². The van der Waals surface area contributed by atoms with Crippen LogP contribution < -0.4 is 5.32 Å². The molecule has 0 aliphatic rings. The highest BCUT2D eigenvalue weighted by Gasteiger charge is 2.12. The third kappa shape index (κ3) is 1.93. The Kier molecular flexibility index (Phi) is 2.68. The molecule has 0 saturated heterocycles. The van der Waals surface area contributed by atoms with Crippen LogP contribution in [0.25, 0.3) is 0 Å². The topological polar surface area (TPSA) is 68.0 Å². The van der Waals surface area contributed by atoms with E-state index < -0.39 is 0 Å². The average molecular weight is 217 g/mol. The molecule has 0 bridgehead atoms. The maximum Gasteiger partial charge on any atom is 0.279 e. The van der Waals surface area contributed by atoms with Crippen LogP contribution in [0.1, 0.15) is 21.6 Å². The van der Waals surface area contributed by atoms with Crippen molar-refractivity contribution in [1.29, 1.82) is 0 Å². The number of anilines is 1. The maximum atomic E-state index is 11.7. The molecule has 1 N–H and O–H groups in total. The summed E-state index contributed by atoms with van der Waals surface area (Å²) in [6.45, 7) is 3.87. The first-order chi connectivity index (χ1) is 7.68. The molecule has 5 nitrogen and oxygen atoms in total. The highest BCUT2D eigenvalue weighted by atomic mass is 16.6. The molecule has 1 aromatic carbocycles. The van der Waals surface area contributed by atoms with Crippen LogP contribution in [0.5, 0.6) is 0 Å². The number of carbonyl (C=O) groups is 1. The number of carbonyl (C=O) groups excluding carboxylic acids is 1. The molecule has 0 fully saturated rings. The minimum absolute atomic E-state index is 0.169. The quantitative estimate of drug-likeness (QED) is 0.834. The predicted octanol–water partition coefficient (Wildman–Crippen LogP) is 1.94. The van der Waals surface area contributed by atoms with Crippen molar-refractivity contribution in [3.8, 4) is 0 Å². The van der Waals surface area contributed by atoms with E-state index >= 15 is 0 Å². The van der Waals surface area contributed by atoms with Crippen LogP contribution >= 0.6 is 0 Å². The van der Waals surface area contributed by atoms with Crippen molar-refractivity contribution in [2.45, 2.75) is 13.8 Å². The molecule has 0 saturated carbocycles. The Morgan fingerprint density at radius 3 is 2.56 bits per heavy atom. The molecule has 16 heavy (non-hydrogen) atoms. The zero-order chi connectivity index (χ0) is 11.5. The van der Waals surface area contributed by atoms with Crippen molar-refractivity contribution in [2.75, 3.05) is 5.32 Å². The average Bonchev–Trinajstić information content (AvgIpc) is 2.76. The molecule has 5 heteroatoms. The van der Waals surface area contributed by atoms with E-state index in [2.05, 4.69) is 20.3 Å². The zero-order valence-electron chi connectivity index (χ0n) is 9.02. The van der Waals surface area contributed by atoms with E-state index in [1.807, 2.05) is 32.0 Å². The van der Waals surface area contributed by atoms with E-state index in [1.54, 1.807) is 0 Å². The first kappa shape index (κ1) is 10.4. The maximum absolute atomic E-state index is 11.7. The molecule has 82 valence electrons. The molecule has 1 heterocycles. The van der Waals surface area contributed by atoms with Gasteiger partial charge in [-0.1, -0.05) is 23.4 Å². The number of nitrogens with one attached hydrogen (secondary N) is 1. The number of benzene rings is 1. The Labute approximate surface area is 92.4 Å². The highest BCUT2D eigenvalue weighted by Crippen LogP contribution is 2.19. The summed E-state index contributed by atoms with van der Waals surface area (Å²) in [5.41, 5.74) is 2.98. The number of hydrogen-bond acceptors (Lipinski definition) is 4. The number of aryl methyl sites for hydroxylation is 2. The number of rotatable bonds is 2. The SMILES string of the molecule is Cc1cccc(C)c1NC(=O)c1cnon1. The van der Waals surface area contributed by atoms with Crippen LogP contribution in [-0.2, 0) is 0 Å². The Morgan fingerprint density at radius 2 is 2.00 bits per heavy atom. The largest absolute Gasteiger partial charge is 0.320 e. The lowest BCUT2D eigenvalue weighted by atomic mass is 10.1. The van der Waals surface area contributed by atoms with Gasteiger partial charge in [-0.05, 0) is 30.1 Å². The van der Waals surface area contributed by atoms with Gasteiger partial charge in [-0.2, -0.15) is 0 Å². The van der Waals surface area contributed by atoms with E-state index in [-0.39, 0.29) is 11.6 Å². The molecule has 0 aliphatic carbocycles. The first-order valence-corrected chi connectivity index (χ1v) is 4.83. The van der Waals surface area contributed by atoms with Crippen LogP contribution in [0.4, 0.5) is 5.69 Å². The zero-order valence-corrected chi connectivity index (χ0v) is 9.02. The first-order valence-electron chi connectivity index (χ1n) is 4.83. The van der Waals surface area contributed by atoms with Crippen LogP contribution in [-0.4, -0.2) is 16.2 Å². The molecule has 0 radical (unpaired) electrons. The van der Waals surface area contributed by atoms with Crippen LogP contribution in [0.15, 0.2) is 29.0 Å². The summed E-state index contributed by atoms with van der Waals surface area (Å²) < 4.78 is 4.37. The molecule has 1 aromatic heterocycles. The molecule has 0 atom stereocenters. The summed E-state index contributed by atoms with van der Waals surface area (Å²) in [6, 6.07) is 5.81. The van der Waals surface area contributed by atoms with Gasteiger partial charge in [0.05, 0.1) is 0 Å². The van der Waals surface area contributed by atoms with Gasteiger partial charge in [0, 0.05) is 5.69 Å². The van der Waals surface area contributed by atoms with Crippen LogP contribution in [0, 0.1) is 13.8 Å². The number of amides is 1. The van der Waals surface area contributed by atoms with Gasteiger partial charge >= 0.3 is 0 Å². The van der Waals surface area contributed by atoms with E-state index in [9.17, 15) is 4.79 Å². The van der Waals surface area contributed by atoms with E-state index in [0.717, 1.165) is 16.8 Å². The fourth-order valence-electron chi connectivity index (χ4n) is 1.45. The Morgan fingerprint density at radius 1 is 1.31 bits per heavy atom. The summed E-state index contributed by atoms with van der Waals surface area (Å²) >= 11 is 0. The van der Waals surface area contributed by atoms with Crippen LogP contribution in [0.2, 0.25) is 0 Å². The van der Waals surface area contributed by atoms with Gasteiger partial charge in [-0.15, -0.1) is 0 Å². The van der Waals surface area contributed by atoms with Crippen LogP contribution in [0.3, 0.4) is 0 Å². The smallest absolute Gasteiger partial charge is 0.279 e. The normalized spacial score (nSPS) is 10.1. The third-order valence-corrected chi connectivity index (χ3v) is 2.31. The fraction of sp³-hybridized carbons (Fsp3) is 0.182. The molecule has 2 aromatic rings. The van der Waals surface area contributed by atoms with Gasteiger partial charge in [-0.25, -0.2) is 4.63 Å². The number of nitrogens with zero attached hydrogens (tertiary/aromatic N) is 2. The summed E-state index contributed by atoms with van der Waals surface area (Å²) in [5, 5.41) is 9.64. The van der Waals surface area contributed by atoms with Gasteiger partial charge in [0.25, 0.3) is 5.91 Å². The van der Waals surface area contributed by atoms with Crippen molar-refractivity contribution in [2.24, 2.45) is 0 Å². The van der Waals surface area contributed by atoms with E-state index in [1.165, 1.54) is 6.20 Å². The second-order valence-corrected chi connectivity index (χ2v) is 3.51. The van der Waals surface area contributed by atoms with Gasteiger partial charge in [-0.3, -0.25) is 4.79 Å². The minimum Gasteiger partial charge on any atom is -0.320 e. The van der Waals surface area contributed by atoms with Gasteiger partial charge < -0.3 is 5.32 Å². The van der Waals surface area contributed by atoms with Crippen molar-refractivity contribution in [3.05, 3.63) is 41.2 Å². The van der Waals surface area contributed by atoms with E-state index in [4.69, 9.17) is 0 Å². The van der Waals surface area contributed by atoms with E-state index in [0.29, 0.717) is 0 Å². The van der Waals surface area contributed by atoms with Crippen molar-refractivity contribution in [3.63, 3.8) is 0 Å². The molecule has 1 amide bonds. The van der Waals surface area contributed by atoms with Crippen molar-refractivity contribution in [1.82, 2.24) is 10.3 Å². The highest BCUT2D eigenvalue weighted by molar-refractivity contribution is 6.03. The summed E-state index contributed by atoms with van der Waals surface area (Å²) in [5.74, 6) is -0.321. The summed E-state index contributed by atoms with van der Waals surface area (Å²) in [6.07, 6.45) is 1.28. The second-order valence-electron chi connectivity index (χ2n) is 3.51. The second kappa shape index (κ2) is 4.14. The minimum atomic E-state index is -0.321.